The quantitative estimate of drug-likeness (QED) is 0.0455. The molecule has 2 N–H and O–H groups in total. The van der Waals surface area contributed by atoms with Crippen LogP contribution < -0.4 is 15.5 Å². The lowest BCUT2D eigenvalue weighted by Gasteiger charge is -2.27. The predicted octanol–water partition coefficient (Wildman–Crippen LogP) is 7.42. The third kappa shape index (κ3) is 16.1. The number of unbranched alkanes of at least 4 members (excludes halogenated alkanes) is 3. The molecule has 1 aliphatic rings. The highest BCUT2D eigenvalue weighted by molar-refractivity contribution is 6.02. The highest BCUT2D eigenvalue weighted by atomic mass is 16.6. The number of likely N-dealkylation sites (N-methyl/N-ethyl adjacent to an activating group) is 1. The summed E-state index contributed by atoms with van der Waals surface area (Å²) >= 11 is 0. The molecule has 0 spiro atoms. The van der Waals surface area contributed by atoms with Crippen LogP contribution in [0.25, 0.3) is 10.9 Å². The molecule has 1 fully saturated rings. The Bertz CT molecular complexity index is 1770. The normalized spacial score (nSPS) is 15.1. The number of aromatic nitrogens is 1. The molecule has 4 rings (SSSR count). The fraction of sp³-hybridized carbons (Fsp3) is 0.587. The third-order valence-corrected chi connectivity index (χ3v) is 10.8. The van der Waals surface area contributed by atoms with Crippen molar-refractivity contribution in [3.05, 3.63) is 65.9 Å². The number of carbonyl (C=O) groups excluding carboxylic acids is 5. The van der Waals surface area contributed by atoms with Crippen molar-refractivity contribution in [3.63, 3.8) is 0 Å². The van der Waals surface area contributed by atoms with Gasteiger partial charge in [0.25, 0.3) is 0 Å². The number of hydrogen-bond acceptors (Lipinski definition) is 9. The fourth-order valence-electron chi connectivity index (χ4n) is 7.54. The summed E-state index contributed by atoms with van der Waals surface area (Å²) in [6, 6.07) is 17.8. The second-order valence-corrected chi connectivity index (χ2v) is 15.1. The summed E-state index contributed by atoms with van der Waals surface area (Å²) in [6.45, 7) is 9.64. The van der Waals surface area contributed by atoms with Gasteiger partial charge < -0.3 is 39.0 Å². The standard InChI is InChI=1S/C46H66N4O9/c1-4-35-15-13-17-39(31-35)49(5-2)43(52)34-50-40-18-10-9-16-38(40)33-41(50)42(51)32-36-20-22-37(23-21-36)45(54)47-24-11-7-8-12-25-48-46(55)59-30-29-57-28-27-56-26-14-19-44(53)58-6-3/h9-10,13,15-18,31,33,36-37H,4-8,11-12,14,19-30,32,34H2,1-3H3,(H,47,54)(H,48,55). The van der Waals surface area contributed by atoms with Crippen LogP contribution in [0.1, 0.15) is 107 Å². The van der Waals surface area contributed by atoms with E-state index in [1.807, 2.05) is 54.0 Å². The van der Waals surface area contributed by atoms with Crippen LogP contribution in [-0.4, -0.2) is 93.5 Å². The Labute approximate surface area is 349 Å². The summed E-state index contributed by atoms with van der Waals surface area (Å²) in [7, 11) is 0. The number of alkyl carbamates (subject to hydrolysis) is 1. The van der Waals surface area contributed by atoms with E-state index in [-0.39, 0.29) is 55.2 Å². The summed E-state index contributed by atoms with van der Waals surface area (Å²) in [5.41, 5.74) is 3.48. The largest absolute Gasteiger partial charge is 0.466 e. The molecule has 1 heterocycles. The van der Waals surface area contributed by atoms with Crippen molar-refractivity contribution in [1.82, 2.24) is 15.2 Å². The SMILES string of the molecule is CCOC(=O)CCCOCCOCCOC(=O)NCCCCCCNC(=O)C1CCC(CC(=O)c2cc3ccccc3n2CC(=O)N(CC)c2cccc(CC)c2)CC1. The first-order valence-corrected chi connectivity index (χ1v) is 21.7. The van der Waals surface area contributed by atoms with E-state index in [0.717, 1.165) is 74.4 Å². The predicted molar refractivity (Wildman–Crippen MR) is 229 cm³/mol. The molecule has 59 heavy (non-hydrogen) atoms. The maximum atomic E-state index is 13.9. The number of anilines is 1. The van der Waals surface area contributed by atoms with Crippen molar-refractivity contribution in [3.8, 4) is 0 Å². The molecule has 3 amide bonds. The van der Waals surface area contributed by atoms with E-state index >= 15 is 0 Å². The minimum Gasteiger partial charge on any atom is -0.466 e. The molecule has 1 saturated carbocycles. The molecule has 0 radical (unpaired) electrons. The molecule has 2 aromatic carbocycles. The average Bonchev–Trinajstić information content (AvgIpc) is 3.61. The van der Waals surface area contributed by atoms with Crippen LogP contribution in [0.15, 0.2) is 54.6 Å². The van der Waals surface area contributed by atoms with E-state index in [2.05, 4.69) is 29.7 Å². The van der Waals surface area contributed by atoms with Crippen molar-refractivity contribution in [2.24, 2.45) is 11.8 Å². The Kier molecular flexibility index (Phi) is 21.0. The molecule has 0 saturated heterocycles. The molecule has 0 aliphatic heterocycles. The molecule has 1 aromatic heterocycles. The van der Waals surface area contributed by atoms with Crippen molar-refractivity contribution >= 4 is 46.3 Å². The fourth-order valence-corrected chi connectivity index (χ4v) is 7.54. The number of amides is 3. The molecule has 0 bridgehead atoms. The van der Waals surface area contributed by atoms with Crippen LogP contribution in [0.3, 0.4) is 0 Å². The summed E-state index contributed by atoms with van der Waals surface area (Å²) < 4.78 is 22.7. The molecule has 13 nitrogen and oxygen atoms in total. The number of aryl methyl sites for hydroxylation is 1. The first-order chi connectivity index (χ1) is 28.7. The van der Waals surface area contributed by atoms with Gasteiger partial charge in [0, 0.05) is 61.6 Å². The van der Waals surface area contributed by atoms with Crippen molar-refractivity contribution < 1.29 is 42.9 Å². The van der Waals surface area contributed by atoms with Gasteiger partial charge in [-0.3, -0.25) is 19.2 Å². The topological polar surface area (TPSA) is 154 Å². The average molecular weight is 819 g/mol. The van der Waals surface area contributed by atoms with Gasteiger partial charge in [0.2, 0.25) is 11.8 Å². The third-order valence-electron chi connectivity index (χ3n) is 10.8. The second-order valence-electron chi connectivity index (χ2n) is 15.1. The van der Waals surface area contributed by atoms with E-state index in [0.29, 0.717) is 71.0 Å². The maximum absolute atomic E-state index is 13.9. The van der Waals surface area contributed by atoms with Gasteiger partial charge in [-0.05, 0) is 101 Å². The number of benzene rings is 2. The van der Waals surface area contributed by atoms with Crippen LogP contribution in [0.4, 0.5) is 10.5 Å². The van der Waals surface area contributed by atoms with Crippen LogP contribution in [0.2, 0.25) is 0 Å². The molecular formula is C46H66N4O9. The molecular weight excluding hydrogens is 753 g/mol. The number of hydrogen-bond donors (Lipinski definition) is 2. The lowest BCUT2D eigenvalue weighted by molar-refractivity contribution is -0.143. The minimum atomic E-state index is -0.474. The Morgan fingerprint density at radius 1 is 0.746 bits per heavy atom. The molecule has 0 atom stereocenters. The molecule has 0 unspecified atom stereocenters. The van der Waals surface area contributed by atoms with Crippen LogP contribution in [0.5, 0.6) is 0 Å². The lowest BCUT2D eigenvalue weighted by atomic mass is 9.79. The number of fused-ring (bicyclic) bond motifs is 1. The zero-order chi connectivity index (χ0) is 42.2. The monoisotopic (exact) mass is 818 g/mol. The van der Waals surface area contributed by atoms with Gasteiger partial charge in [-0.2, -0.15) is 0 Å². The Morgan fingerprint density at radius 2 is 1.46 bits per heavy atom. The van der Waals surface area contributed by atoms with Crippen molar-refractivity contribution in [2.75, 3.05) is 64.2 Å². The summed E-state index contributed by atoms with van der Waals surface area (Å²) in [5.74, 6) is 0.00210. The smallest absolute Gasteiger partial charge is 0.407 e. The number of carbonyl (C=O) groups is 5. The zero-order valence-electron chi connectivity index (χ0n) is 35.5. The molecule has 1 aliphatic carbocycles. The molecule has 13 heteroatoms. The summed E-state index contributed by atoms with van der Waals surface area (Å²) in [4.78, 5) is 65.5. The Hall–Kier alpha value is -4.75. The van der Waals surface area contributed by atoms with E-state index in [1.54, 1.807) is 11.8 Å². The van der Waals surface area contributed by atoms with Gasteiger partial charge in [-0.25, -0.2) is 4.79 Å². The number of esters is 1. The highest BCUT2D eigenvalue weighted by Gasteiger charge is 2.29. The van der Waals surface area contributed by atoms with E-state index in [9.17, 15) is 24.0 Å². The van der Waals surface area contributed by atoms with Gasteiger partial charge in [0.1, 0.15) is 13.2 Å². The summed E-state index contributed by atoms with van der Waals surface area (Å²) in [6.07, 6.45) is 8.45. The number of ether oxygens (including phenoxy) is 4. The first-order valence-electron chi connectivity index (χ1n) is 21.7. The summed E-state index contributed by atoms with van der Waals surface area (Å²) in [5, 5.41) is 6.79. The van der Waals surface area contributed by atoms with Gasteiger partial charge >= 0.3 is 12.1 Å². The zero-order valence-corrected chi connectivity index (χ0v) is 35.5. The number of rotatable bonds is 27. The van der Waals surface area contributed by atoms with Crippen LogP contribution in [0, 0.1) is 11.8 Å². The minimum absolute atomic E-state index is 0.0368. The lowest BCUT2D eigenvalue weighted by Crippen LogP contribution is -2.35. The number of ketones is 1. The van der Waals surface area contributed by atoms with E-state index in [4.69, 9.17) is 18.9 Å². The van der Waals surface area contributed by atoms with Crippen molar-refractivity contribution in [1.29, 1.82) is 0 Å². The highest BCUT2D eigenvalue weighted by Crippen LogP contribution is 2.33. The number of nitrogens with one attached hydrogen (secondary N) is 2. The van der Waals surface area contributed by atoms with Gasteiger partial charge in [0.15, 0.2) is 5.78 Å². The number of Topliss-reactive ketones (excluding diaryl/α,β-unsaturated/α-hetero) is 1. The maximum Gasteiger partial charge on any atom is 0.407 e. The molecule has 324 valence electrons. The van der Waals surface area contributed by atoms with Gasteiger partial charge in [0.05, 0.1) is 32.1 Å². The van der Waals surface area contributed by atoms with Gasteiger partial charge in [-0.15, -0.1) is 0 Å². The number of para-hydroxylation sites is 1. The molecule has 3 aromatic rings. The van der Waals surface area contributed by atoms with Gasteiger partial charge in [-0.1, -0.05) is 50.1 Å². The number of nitrogens with zero attached hydrogens (tertiary/aromatic N) is 2. The Balaban J connectivity index is 1.06. The van der Waals surface area contributed by atoms with E-state index < -0.39 is 6.09 Å². The van der Waals surface area contributed by atoms with Crippen LogP contribution in [-0.2, 0) is 46.3 Å². The van der Waals surface area contributed by atoms with E-state index in [1.165, 1.54) is 5.56 Å². The Morgan fingerprint density at radius 3 is 2.19 bits per heavy atom. The first kappa shape index (κ1) is 46.9. The van der Waals surface area contributed by atoms with Crippen molar-refractivity contribution in [2.45, 2.75) is 104 Å². The van der Waals surface area contributed by atoms with Crippen LogP contribution >= 0.6 is 0 Å². The second kappa shape index (κ2) is 26.4.